The number of carbonyl (C=O) groups is 1. The van der Waals surface area contributed by atoms with Crippen molar-refractivity contribution >= 4 is 28.1 Å². The van der Waals surface area contributed by atoms with E-state index in [-0.39, 0.29) is 11.8 Å². The molecule has 1 fully saturated rings. The van der Waals surface area contributed by atoms with Gasteiger partial charge in [-0.1, -0.05) is 56.3 Å². The second-order valence-electron chi connectivity index (χ2n) is 10.5. The van der Waals surface area contributed by atoms with E-state index in [4.69, 9.17) is 10.7 Å². The van der Waals surface area contributed by atoms with E-state index in [1.54, 1.807) is 12.5 Å². The van der Waals surface area contributed by atoms with Crippen LogP contribution in [0.4, 0.5) is 5.69 Å². The van der Waals surface area contributed by atoms with Crippen molar-refractivity contribution in [1.82, 2.24) is 19.4 Å². The van der Waals surface area contributed by atoms with E-state index >= 15 is 0 Å². The van der Waals surface area contributed by atoms with Crippen LogP contribution < -0.4 is 5.73 Å². The van der Waals surface area contributed by atoms with Crippen LogP contribution in [0.2, 0.25) is 0 Å². The minimum atomic E-state index is -0.703. The molecule has 0 unspecified atom stereocenters. The molecular weight excluding hydrogens is 462 g/mol. The number of aromatic nitrogens is 4. The number of nitrogens with zero attached hydrogens (tertiary/aromatic N) is 3. The van der Waals surface area contributed by atoms with Crippen LogP contribution >= 0.6 is 0 Å². The molecule has 0 saturated heterocycles. The standard InChI is InChI=1S/C30H31N5O2/c1-17(2)20-5-3-6-21(13-20)23-8-4-7-22-14-25(33-26(22)23)27-28-24(31)15-32-16-35(28)29(34-27)18-9-11-19(12-10-18)30(36)37/h3-8,13-19,33H,9-12,31H2,1-2H3,(H,36,37). The Balaban J connectivity index is 1.46. The number of carboxylic acids is 1. The number of nitrogens with two attached hydrogens (primary N) is 1. The topological polar surface area (TPSA) is 109 Å². The number of para-hydroxylation sites is 1. The number of aromatic amines is 1. The predicted molar refractivity (Wildman–Crippen MR) is 147 cm³/mol. The SMILES string of the molecule is CC(C)c1cccc(-c2cccc3cc(-c4nc(C5CCC(C(=O)O)CC5)n5cncc(N)c45)[nH]c23)c1. The molecule has 1 aliphatic rings. The lowest BCUT2D eigenvalue weighted by molar-refractivity contribution is -0.142. The summed E-state index contributed by atoms with van der Waals surface area (Å²) in [5.41, 5.74) is 14.3. The number of anilines is 1. The van der Waals surface area contributed by atoms with Gasteiger partial charge in [-0.05, 0) is 48.8 Å². The highest BCUT2D eigenvalue weighted by atomic mass is 16.4. The molecule has 37 heavy (non-hydrogen) atoms. The molecule has 1 aliphatic carbocycles. The highest BCUT2D eigenvalue weighted by Crippen LogP contribution is 2.40. The lowest BCUT2D eigenvalue weighted by Gasteiger charge is -2.25. The van der Waals surface area contributed by atoms with Gasteiger partial charge >= 0.3 is 5.97 Å². The Bertz CT molecular complexity index is 1620. The van der Waals surface area contributed by atoms with Gasteiger partial charge in [0.25, 0.3) is 0 Å². The molecule has 5 aromatic rings. The molecule has 188 valence electrons. The van der Waals surface area contributed by atoms with Crippen LogP contribution in [-0.4, -0.2) is 30.4 Å². The van der Waals surface area contributed by atoms with Crippen molar-refractivity contribution in [2.24, 2.45) is 5.92 Å². The molecule has 0 radical (unpaired) electrons. The summed E-state index contributed by atoms with van der Waals surface area (Å²) in [5, 5.41) is 10.5. The molecule has 3 heterocycles. The molecular formula is C30H31N5O2. The number of hydrogen-bond donors (Lipinski definition) is 3. The molecule has 4 N–H and O–H groups in total. The number of nitrogen functional groups attached to an aromatic ring is 1. The summed E-state index contributed by atoms with van der Waals surface area (Å²) in [6.45, 7) is 4.42. The van der Waals surface area contributed by atoms with Gasteiger partial charge in [-0.15, -0.1) is 0 Å². The first kappa shape index (κ1) is 23.3. The molecule has 7 heteroatoms. The van der Waals surface area contributed by atoms with E-state index in [1.165, 1.54) is 11.1 Å². The Kier molecular flexibility index (Phi) is 5.71. The number of benzene rings is 2. The maximum Gasteiger partial charge on any atom is 0.306 e. The van der Waals surface area contributed by atoms with Crippen LogP contribution in [-0.2, 0) is 4.79 Å². The number of rotatable bonds is 5. The molecule has 0 spiro atoms. The van der Waals surface area contributed by atoms with Gasteiger partial charge < -0.3 is 15.8 Å². The largest absolute Gasteiger partial charge is 0.481 e. The predicted octanol–water partition coefficient (Wildman–Crippen LogP) is 6.61. The van der Waals surface area contributed by atoms with E-state index in [1.807, 2.05) is 4.40 Å². The Hall–Kier alpha value is -4.13. The molecule has 6 rings (SSSR count). The van der Waals surface area contributed by atoms with Gasteiger partial charge in [-0.2, -0.15) is 0 Å². The van der Waals surface area contributed by atoms with Crippen molar-refractivity contribution < 1.29 is 9.90 Å². The third-order valence-corrected chi connectivity index (χ3v) is 7.82. The van der Waals surface area contributed by atoms with E-state index in [9.17, 15) is 9.90 Å². The van der Waals surface area contributed by atoms with Crippen molar-refractivity contribution in [2.75, 3.05) is 5.73 Å². The Labute approximate surface area is 215 Å². The van der Waals surface area contributed by atoms with E-state index in [2.05, 4.69) is 72.3 Å². The van der Waals surface area contributed by atoms with Crippen LogP contribution in [0.25, 0.3) is 38.9 Å². The number of H-pyrrole nitrogens is 1. The van der Waals surface area contributed by atoms with Crippen LogP contribution in [0.15, 0.2) is 61.1 Å². The van der Waals surface area contributed by atoms with Crippen molar-refractivity contribution in [3.63, 3.8) is 0 Å². The Morgan fingerprint density at radius 3 is 2.65 bits per heavy atom. The van der Waals surface area contributed by atoms with E-state index in [0.717, 1.165) is 52.0 Å². The van der Waals surface area contributed by atoms with Gasteiger partial charge in [0.05, 0.1) is 29.0 Å². The molecule has 0 aliphatic heterocycles. The summed E-state index contributed by atoms with van der Waals surface area (Å²) in [4.78, 5) is 24.6. The van der Waals surface area contributed by atoms with Gasteiger partial charge in [0, 0.05) is 16.9 Å². The fourth-order valence-corrected chi connectivity index (χ4v) is 5.75. The van der Waals surface area contributed by atoms with Gasteiger partial charge in [0.1, 0.15) is 23.4 Å². The maximum absolute atomic E-state index is 11.5. The first-order valence-electron chi connectivity index (χ1n) is 13.0. The summed E-state index contributed by atoms with van der Waals surface area (Å²) >= 11 is 0. The normalized spacial score (nSPS) is 18.1. The third kappa shape index (κ3) is 4.04. The minimum absolute atomic E-state index is 0.166. The molecule has 1 saturated carbocycles. The monoisotopic (exact) mass is 493 g/mol. The summed E-state index contributed by atoms with van der Waals surface area (Å²) in [5.74, 6) is 0.546. The highest BCUT2D eigenvalue weighted by molar-refractivity contribution is 5.99. The smallest absolute Gasteiger partial charge is 0.306 e. The zero-order valence-corrected chi connectivity index (χ0v) is 21.1. The first-order chi connectivity index (χ1) is 17.9. The number of carboxylic acid groups (broad SMARTS) is 1. The van der Waals surface area contributed by atoms with E-state index < -0.39 is 5.97 Å². The maximum atomic E-state index is 11.5. The summed E-state index contributed by atoms with van der Waals surface area (Å²) in [6.07, 6.45) is 6.32. The summed E-state index contributed by atoms with van der Waals surface area (Å²) in [7, 11) is 0. The number of hydrogen-bond acceptors (Lipinski definition) is 4. The van der Waals surface area contributed by atoms with Gasteiger partial charge in [0.2, 0.25) is 0 Å². The van der Waals surface area contributed by atoms with Gasteiger partial charge in [0.15, 0.2) is 0 Å². The minimum Gasteiger partial charge on any atom is -0.481 e. The summed E-state index contributed by atoms with van der Waals surface area (Å²) < 4.78 is 1.99. The molecule has 2 aromatic carbocycles. The van der Waals surface area contributed by atoms with Gasteiger partial charge in [-0.25, -0.2) is 9.97 Å². The number of imidazole rings is 1. The van der Waals surface area contributed by atoms with Crippen LogP contribution in [0.3, 0.4) is 0 Å². The second-order valence-corrected chi connectivity index (χ2v) is 10.5. The van der Waals surface area contributed by atoms with Crippen LogP contribution in [0, 0.1) is 5.92 Å². The van der Waals surface area contributed by atoms with Crippen molar-refractivity contribution in [1.29, 1.82) is 0 Å². The highest BCUT2D eigenvalue weighted by Gasteiger charge is 2.30. The van der Waals surface area contributed by atoms with Crippen LogP contribution in [0.5, 0.6) is 0 Å². The Morgan fingerprint density at radius 2 is 1.89 bits per heavy atom. The fourth-order valence-electron chi connectivity index (χ4n) is 5.75. The van der Waals surface area contributed by atoms with Crippen molar-refractivity contribution in [3.8, 4) is 22.5 Å². The Morgan fingerprint density at radius 1 is 1.11 bits per heavy atom. The van der Waals surface area contributed by atoms with Crippen LogP contribution in [0.1, 0.15) is 62.8 Å². The molecule has 7 nitrogen and oxygen atoms in total. The fraction of sp³-hybridized carbons (Fsp3) is 0.300. The zero-order valence-electron chi connectivity index (χ0n) is 21.1. The lowest BCUT2D eigenvalue weighted by Crippen LogP contribution is -2.21. The zero-order chi connectivity index (χ0) is 25.7. The molecule has 0 atom stereocenters. The number of aliphatic carboxylic acids is 1. The average molecular weight is 494 g/mol. The lowest BCUT2D eigenvalue weighted by atomic mass is 9.81. The van der Waals surface area contributed by atoms with Gasteiger partial charge in [-0.3, -0.25) is 9.20 Å². The molecule has 0 amide bonds. The molecule has 3 aromatic heterocycles. The second kappa shape index (κ2) is 9.07. The third-order valence-electron chi connectivity index (χ3n) is 7.82. The average Bonchev–Trinajstić information content (AvgIpc) is 3.51. The van der Waals surface area contributed by atoms with E-state index in [0.29, 0.717) is 24.4 Å². The quantitative estimate of drug-likeness (QED) is 0.255. The van der Waals surface area contributed by atoms with Crippen molar-refractivity contribution in [2.45, 2.75) is 51.4 Å². The first-order valence-corrected chi connectivity index (χ1v) is 13.0. The number of nitrogens with one attached hydrogen (secondary N) is 1. The van der Waals surface area contributed by atoms with Crippen molar-refractivity contribution in [3.05, 3.63) is 72.4 Å². The molecule has 0 bridgehead atoms. The number of fused-ring (bicyclic) bond motifs is 2. The summed E-state index contributed by atoms with van der Waals surface area (Å²) in [6, 6.07) is 17.2.